The third-order valence-electron chi connectivity index (χ3n) is 3.82. The molecule has 3 atom stereocenters. The summed E-state index contributed by atoms with van der Waals surface area (Å²) < 4.78 is 11.4. The van der Waals surface area contributed by atoms with E-state index in [4.69, 9.17) is 15.2 Å². The number of hydrogen-bond donors (Lipinski definition) is 1. The maximum Gasteiger partial charge on any atom is 0.0726 e. The second kappa shape index (κ2) is 6.58. The van der Waals surface area contributed by atoms with E-state index in [0.717, 1.165) is 39.1 Å². The normalized spacial score (nSPS) is 36.9. The van der Waals surface area contributed by atoms with E-state index in [-0.39, 0.29) is 6.04 Å². The Morgan fingerprint density at radius 2 is 1.88 bits per heavy atom. The van der Waals surface area contributed by atoms with Crippen molar-refractivity contribution in [3.8, 4) is 0 Å². The Bertz CT molecular complexity index is 192. The topological polar surface area (TPSA) is 44.5 Å². The van der Waals surface area contributed by atoms with Crippen molar-refractivity contribution in [1.29, 1.82) is 0 Å². The van der Waals surface area contributed by atoms with Gasteiger partial charge in [0.1, 0.15) is 0 Å². The molecule has 2 fully saturated rings. The van der Waals surface area contributed by atoms with Crippen molar-refractivity contribution in [2.75, 3.05) is 19.8 Å². The van der Waals surface area contributed by atoms with Gasteiger partial charge in [-0.3, -0.25) is 0 Å². The van der Waals surface area contributed by atoms with Crippen molar-refractivity contribution in [3.05, 3.63) is 0 Å². The molecule has 1 aliphatic heterocycles. The van der Waals surface area contributed by atoms with Crippen molar-refractivity contribution in [2.24, 2.45) is 11.7 Å². The summed E-state index contributed by atoms with van der Waals surface area (Å²) in [6.07, 6.45) is 8.96. The van der Waals surface area contributed by atoms with E-state index >= 15 is 0 Å². The Balaban J connectivity index is 1.71. The first-order valence-corrected chi connectivity index (χ1v) is 6.81. The summed E-state index contributed by atoms with van der Waals surface area (Å²) in [5, 5.41) is 0. The van der Waals surface area contributed by atoms with Gasteiger partial charge >= 0.3 is 0 Å². The van der Waals surface area contributed by atoms with Crippen molar-refractivity contribution in [2.45, 2.75) is 57.1 Å². The van der Waals surface area contributed by atoms with Gasteiger partial charge in [0.2, 0.25) is 0 Å². The SMILES string of the molecule is NC1CCCCCCC1OCC1CCOC1. The molecule has 1 heterocycles. The minimum Gasteiger partial charge on any atom is -0.381 e. The van der Waals surface area contributed by atoms with Gasteiger partial charge in [0.15, 0.2) is 0 Å². The molecule has 0 radical (unpaired) electrons. The van der Waals surface area contributed by atoms with Crippen LogP contribution < -0.4 is 5.73 Å². The van der Waals surface area contributed by atoms with Gasteiger partial charge in [0, 0.05) is 18.6 Å². The third kappa shape index (κ3) is 3.72. The van der Waals surface area contributed by atoms with Crippen LogP contribution in [0.2, 0.25) is 0 Å². The Kier molecular flexibility index (Phi) is 5.07. The van der Waals surface area contributed by atoms with E-state index in [2.05, 4.69) is 0 Å². The number of ether oxygens (including phenoxy) is 2. The Morgan fingerprint density at radius 3 is 2.62 bits per heavy atom. The predicted molar refractivity (Wildman–Crippen MR) is 64.3 cm³/mol. The summed E-state index contributed by atoms with van der Waals surface area (Å²) >= 11 is 0. The van der Waals surface area contributed by atoms with Gasteiger partial charge in [-0.05, 0) is 19.3 Å². The largest absolute Gasteiger partial charge is 0.381 e. The first-order valence-electron chi connectivity index (χ1n) is 6.81. The lowest BCUT2D eigenvalue weighted by Gasteiger charge is -2.27. The lowest BCUT2D eigenvalue weighted by molar-refractivity contribution is 0.00140. The predicted octanol–water partition coefficient (Wildman–Crippen LogP) is 2.09. The molecule has 0 spiro atoms. The highest BCUT2D eigenvalue weighted by molar-refractivity contribution is 4.77. The maximum absolute atomic E-state index is 6.18. The van der Waals surface area contributed by atoms with E-state index in [1.165, 1.54) is 25.7 Å². The first-order chi connectivity index (χ1) is 7.86. The van der Waals surface area contributed by atoms with Crippen LogP contribution in [0.15, 0.2) is 0 Å². The molecule has 0 aromatic heterocycles. The molecule has 2 aliphatic rings. The smallest absolute Gasteiger partial charge is 0.0726 e. The van der Waals surface area contributed by atoms with Crippen LogP contribution in [0.4, 0.5) is 0 Å². The number of nitrogens with two attached hydrogens (primary N) is 1. The quantitative estimate of drug-likeness (QED) is 0.803. The number of rotatable bonds is 3. The van der Waals surface area contributed by atoms with Crippen LogP contribution in [0.1, 0.15) is 44.9 Å². The molecule has 0 bridgehead atoms. The van der Waals surface area contributed by atoms with Crippen molar-refractivity contribution >= 4 is 0 Å². The fraction of sp³-hybridized carbons (Fsp3) is 1.00. The van der Waals surface area contributed by atoms with Crippen LogP contribution in [0.25, 0.3) is 0 Å². The van der Waals surface area contributed by atoms with E-state index in [9.17, 15) is 0 Å². The molecule has 0 aromatic carbocycles. The molecular formula is C13H25NO2. The van der Waals surface area contributed by atoms with Gasteiger partial charge in [0.25, 0.3) is 0 Å². The molecule has 3 heteroatoms. The van der Waals surface area contributed by atoms with E-state index in [1.807, 2.05) is 0 Å². The molecule has 1 saturated heterocycles. The summed E-state index contributed by atoms with van der Waals surface area (Å²) in [5.74, 6) is 0.609. The second-order valence-electron chi connectivity index (χ2n) is 5.26. The first kappa shape index (κ1) is 12.3. The van der Waals surface area contributed by atoms with Crippen LogP contribution >= 0.6 is 0 Å². The summed E-state index contributed by atoms with van der Waals surface area (Å²) in [7, 11) is 0. The van der Waals surface area contributed by atoms with Gasteiger partial charge in [-0.2, -0.15) is 0 Å². The molecule has 16 heavy (non-hydrogen) atoms. The minimum absolute atomic E-state index is 0.252. The molecule has 3 nitrogen and oxygen atoms in total. The van der Waals surface area contributed by atoms with Gasteiger partial charge in [-0.1, -0.05) is 25.7 Å². The standard InChI is InChI=1S/C13H25NO2/c14-12-5-3-1-2-4-6-13(12)16-10-11-7-8-15-9-11/h11-13H,1-10,14H2. The average Bonchev–Trinajstić information content (AvgIpc) is 2.76. The molecule has 2 rings (SSSR count). The zero-order valence-electron chi connectivity index (χ0n) is 10.2. The zero-order valence-corrected chi connectivity index (χ0v) is 10.2. The fourth-order valence-electron chi connectivity index (χ4n) is 2.66. The summed E-state index contributed by atoms with van der Waals surface area (Å²) in [6.45, 7) is 2.63. The average molecular weight is 227 g/mol. The molecule has 94 valence electrons. The lowest BCUT2D eigenvalue weighted by Crippen LogP contribution is -2.38. The van der Waals surface area contributed by atoms with E-state index in [0.29, 0.717) is 12.0 Å². The van der Waals surface area contributed by atoms with Crippen LogP contribution in [0.5, 0.6) is 0 Å². The molecule has 3 unspecified atom stereocenters. The van der Waals surface area contributed by atoms with Gasteiger partial charge < -0.3 is 15.2 Å². The van der Waals surface area contributed by atoms with E-state index < -0.39 is 0 Å². The summed E-state index contributed by atoms with van der Waals surface area (Å²) in [6, 6.07) is 0.252. The highest BCUT2D eigenvalue weighted by Gasteiger charge is 2.23. The Labute approximate surface area is 98.7 Å². The van der Waals surface area contributed by atoms with Crippen molar-refractivity contribution in [3.63, 3.8) is 0 Å². The second-order valence-corrected chi connectivity index (χ2v) is 5.26. The molecule has 2 N–H and O–H groups in total. The zero-order chi connectivity index (χ0) is 11.2. The molecule has 0 amide bonds. The third-order valence-corrected chi connectivity index (χ3v) is 3.82. The van der Waals surface area contributed by atoms with Crippen LogP contribution in [0.3, 0.4) is 0 Å². The van der Waals surface area contributed by atoms with Crippen LogP contribution in [-0.2, 0) is 9.47 Å². The van der Waals surface area contributed by atoms with Gasteiger partial charge in [0.05, 0.1) is 19.3 Å². The van der Waals surface area contributed by atoms with Crippen molar-refractivity contribution < 1.29 is 9.47 Å². The molecular weight excluding hydrogens is 202 g/mol. The molecule has 1 aliphatic carbocycles. The lowest BCUT2D eigenvalue weighted by atomic mass is 9.94. The molecule has 0 aromatic rings. The monoisotopic (exact) mass is 227 g/mol. The minimum atomic E-state index is 0.252. The highest BCUT2D eigenvalue weighted by Crippen LogP contribution is 2.21. The Hall–Kier alpha value is -0.120. The van der Waals surface area contributed by atoms with E-state index in [1.54, 1.807) is 0 Å². The molecule has 1 saturated carbocycles. The van der Waals surface area contributed by atoms with Gasteiger partial charge in [-0.25, -0.2) is 0 Å². The summed E-state index contributed by atoms with van der Waals surface area (Å²) in [4.78, 5) is 0. The number of hydrogen-bond acceptors (Lipinski definition) is 3. The summed E-state index contributed by atoms with van der Waals surface area (Å²) in [5.41, 5.74) is 6.18. The van der Waals surface area contributed by atoms with Crippen molar-refractivity contribution in [1.82, 2.24) is 0 Å². The Morgan fingerprint density at radius 1 is 1.06 bits per heavy atom. The van der Waals surface area contributed by atoms with Crippen LogP contribution in [-0.4, -0.2) is 32.0 Å². The van der Waals surface area contributed by atoms with Crippen LogP contribution in [0, 0.1) is 5.92 Å². The highest BCUT2D eigenvalue weighted by atomic mass is 16.5. The fourth-order valence-corrected chi connectivity index (χ4v) is 2.66. The van der Waals surface area contributed by atoms with Gasteiger partial charge in [-0.15, -0.1) is 0 Å². The maximum atomic E-state index is 6.18.